The molecule has 15 heavy (non-hydrogen) atoms. The molecule has 2 rings (SSSR count). The van der Waals surface area contributed by atoms with Gasteiger partial charge in [-0.25, -0.2) is 9.97 Å². The number of nitrogens with zero attached hydrogens (tertiary/aromatic N) is 2. The maximum absolute atomic E-state index is 12.7. The van der Waals surface area contributed by atoms with E-state index >= 15 is 0 Å². The summed E-state index contributed by atoms with van der Waals surface area (Å²) in [5, 5.41) is 5.03. The lowest BCUT2D eigenvalue weighted by Gasteiger charge is -2.02. The van der Waals surface area contributed by atoms with E-state index in [1.54, 1.807) is 11.3 Å². The Morgan fingerprint density at radius 3 is 2.93 bits per heavy atom. The third-order valence-electron chi connectivity index (χ3n) is 1.73. The fourth-order valence-corrected chi connectivity index (χ4v) is 2.27. The first-order chi connectivity index (χ1) is 7.24. The molecule has 0 fully saturated rings. The second kappa shape index (κ2) is 4.67. The monoisotopic (exact) mass is 287 g/mol. The van der Waals surface area contributed by atoms with Crippen LogP contribution in [-0.4, -0.2) is 9.97 Å². The number of thiophene rings is 1. The number of hydrogen-bond acceptors (Lipinski definition) is 4. The molecular weight excluding hydrogens is 281 g/mol. The third-order valence-corrected chi connectivity index (χ3v) is 3.28. The Morgan fingerprint density at radius 1 is 1.40 bits per heavy atom. The van der Waals surface area contributed by atoms with Crippen LogP contribution in [0.3, 0.4) is 0 Å². The van der Waals surface area contributed by atoms with Crippen molar-refractivity contribution >= 4 is 33.1 Å². The molecule has 2 heterocycles. The van der Waals surface area contributed by atoms with Crippen LogP contribution in [-0.2, 0) is 6.54 Å². The van der Waals surface area contributed by atoms with Crippen LogP contribution in [0.4, 0.5) is 10.2 Å². The predicted molar refractivity (Wildman–Crippen MR) is 61.3 cm³/mol. The highest BCUT2D eigenvalue weighted by molar-refractivity contribution is 9.11. The van der Waals surface area contributed by atoms with Crippen LogP contribution >= 0.6 is 27.3 Å². The van der Waals surface area contributed by atoms with Gasteiger partial charge in [0.15, 0.2) is 0 Å². The lowest BCUT2D eigenvalue weighted by atomic mass is 10.3. The van der Waals surface area contributed by atoms with Crippen LogP contribution in [0.25, 0.3) is 0 Å². The van der Waals surface area contributed by atoms with E-state index in [0.717, 1.165) is 9.35 Å². The molecule has 0 spiro atoms. The first-order valence-corrected chi connectivity index (χ1v) is 5.85. The van der Waals surface area contributed by atoms with Gasteiger partial charge in [0.1, 0.15) is 12.1 Å². The average Bonchev–Trinajstić information content (AvgIpc) is 2.62. The zero-order valence-electron chi connectivity index (χ0n) is 7.58. The molecule has 0 saturated carbocycles. The number of aromatic nitrogens is 2. The highest BCUT2D eigenvalue weighted by Crippen LogP contribution is 2.21. The summed E-state index contributed by atoms with van der Waals surface area (Å²) in [6.07, 6.45) is 1.20. The van der Waals surface area contributed by atoms with E-state index in [1.807, 2.05) is 11.4 Å². The Balaban J connectivity index is 1.99. The van der Waals surface area contributed by atoms with E-state index in [2.05, 4.69) is 31.2 Å². The average molecular weight is 288 g/mol. The van der Waals surface area contributed by atoms with E-state index in [4.69, 9.17) is 0 Å². The lowest BCUT2D eigenvalue weighted by molar-refractivity contribution is 0.580. The van der Waals surface area contributed by atoms with E-state index in [0.29, 0.717) is 12.4 Å². The van der Waals surface area contributed by atoms with Crippen LogP contribution in [0.5, 0.6) is 0 Å². The topological polar surface area (TPSA) is 37.8 Å². The van der Waals surface area contributed by atoms with Gasteiger partial charge in [-0.05, 0) is 32.9 Å². The van der Waals surface area contributed by atoms with E-state index < -0.39 is 5.95 Å². The van der Waals surface area contributed by atoms with Crippen molar-refractivity contribution in [1.29, 1.82) is 0 Å². The van der Waals surface area contributed by atoms with Crippen molar-refractivity contribution < 1.29 is 4.39 Å². The molecule has 0 aromatic carbocycles. The SMILES string of the molecule is Fc1cc(NCc2csc(Br)c2)ncn1. The standard InChI is InChI=1S/C9H7BrFN3S/c10-7-1-6(4-15-7)3-12-9-2-8(11)13-5-14-9/h1-2,4-5H,3H2,(H,12,13,14). The van der Waals surface area contributed by atoms with Gasteiger partial charge >= 0.3 is 0 Å². The van der Waals surface area contributed by atoms with E-state index in [9.17, 15) is 4.39 Å². The maximum atomic E-state index is 12.7. The largest absolute Gasteiger partial charge is 0.366 e. The summed E-state index contributed by atoms with van der Waals surface area (Å²) < 4.78 is 13.8. The van der Waals surface area contributed by atoms with Crippen LogP contribution in [0.2, 0.25) is 0 Å². The second-order valence-electron chi connectivity index (χ2n) is 2.84. The summed E-state index contributed by atoms with van der Waals surface area (Å²) >= 11 is 4.99. The molecular formula is C9H7BrFN3S. The van der Waals surface area contributed by atoms with Crippen molar-refractivity contribution in [2.24, 2.45) is 0 Å². The molecule has 3 nitrogen and oxygen atoms in total. The predicted octanol–water partition coefficient (Wildman–Crippen LogP) is 3.05. The highest BCUT2D eigenvalue weighted by atomic mass is 79.9. The number of hydrogen-bond donors (Lipinski definition) is 1. The van der Waals surface area contributed by atoms with E-state index in [1.165, 1.54) is 12.4 Å². The van der Waals surface area contributed by atoms with Crippen molar-refractivity contribution in [3.05, 3.63) is 39.1 Å². The molecule has 0 atom stereocenters. The minimum absolute atomic E-state index is 0.491. The zero-order chi connectivity index (χ0) is 10.7. The Bertz CT molecular complexity index is 460. The van der Waals surface area contributed by atoms with Gasteiger partial charge in [-0.15, -0.1) is 11.3 Å². The summed E-state index contributed by atoms with van der Waals surface area (Å²) in [4.78, 5) is 7.27. The molecule has 2 aromatic heterocycles. The molecule has 0 unspecified atom stereocenters. The van der Waals surface area contributed by atoms with Gasteiger partial charge < -0.3 is 5.32 Å². The lowest BCUT2D eigenvalue weighted by Crippen LogP contribution is -2.01. The van der Waals surface area contributed by atoms with Gasteiger partial charge in [-0.3, -0.25) is 0 Å². The molecule has 6 heteroatoms. The van der Waals surface area contributed by atoms with Gasteiger partial charge in [0.25, 0.3) is 0 Å². The van der Waals surface area contributed by atoms with Crippen LogP contribution < -0.4 is 5.32 Å². The normalized spacial score (nSPS) is 10.3. The summed E-state index contributed by atoms with van der Waals surface area (Å²) in [6.45, 7) is 0.624. The van der Waals surface area contributed by atoms with Crippen LogP contribution in [0, 0.1) is 5.95 Å². The van der Waals surface area contributed by atoms with Crippen molar-refractivity contribution in [3.8, 4) is 0 Å². The van der Waals surface area contributed by atoms with Gasteiger partial charge in [0.2, 0.25) is 5.95 Å². The molecule has 0 aliphatic heterocycles. The smallest absolute Gasteiger partial charge is 0.217 e. The Morgan fingerprint density at radius 2 is 2.27 bits per heavy atom. The first-order valence-electron chi connectivity index (χ1n) is 4.18. The molecule has 0 aliphatic carbocycles. The number of nitrogens with one attached hydrogen (secondary N) is 1. The number of anilines is 1. The molecule has 0 amide bonds. The number of halogens is 2. The molecule has 2 aromatic rings. The Kier molecular flexibility index (Phi) is 3.27. The van der Waals surface area contributed by atoms with Crippen molar-refractivity contribution in [2.75, 3.05) is 5.32 Å². The van der Waals surface area contributed by atoms with Crippen LogP contribution in [0.15, 0.2) is 27.6 Å². The Hall–Kier alpha value is -1.01. The second-order valence-corrected chi connectivity index (χ2v) is 5.13. The summed E-state index contributed by atoms with van der Waals surface area (Å²) in [7, 11) is 0. The molecule has 0 aliphatic rings. The quantitative estimate of drug-likeness (QED) is 0.882. The minimum Gasteiger partial charge on any atom is -0.366 e. The molecule has 0 bridgehead atoms. The molecule has 78 valence electrons. The van der Waals surface area contributed by atoms with Crippen molar-refractivity contribution in [2.45, 2.75) is 6.54 Å². The highest BCUT2D eigenvalue weighted by Gasteiger charge is 1.99. The minimum atomic E-state index is -0.529. The molecule has 0 radical (unpaired) electrons. The van der Waals surface area contributed by atoms with Gasteiger partial charge in [0.05, 0.1) is 3.79 Å². The first kappa shape index (κ1) is 10.5. The summed E-state index contributed by atoms with van der Waals surface area (Å²) in [5.41, 5.74) is 1.13. The summed E-state index contributed by atoms with van der Waals surface area (Å²) in [5.74, 6) is -0.0381. The fraction of sp³-hybridized carbons (Fsp3) is 0.111. The van der Waals surface area contributed by atoms with Crippen molar-refractivity contribution in [3.63, 3.8) is 0 Å². The summed E-state index contributed by atoms with van der Waals surface area (Å²) in [6, 6.07) is 3.27. The van der Waals surface area contributed by atoms with Gasteiger partial charge in [0, 0.05) is 12.6 Å². The van der Waals surface area contributed by atoms with E-state index in [-0.39, 0.29) is 0 Å². The van der Waals surface area contributed by atoms with Crippen LogP contribution in [0.1, 0.15) is 5.56 Å². The zero-order valence-corrected chi connectivity index (χ0v) is 9.98. The Labute approximate surface area is 98.5 Å². The fourth-order valence-electron chi connectivity index (χ4n) is 1.06. The maximum Gasteiger partial charge on any atom is 0.217 e. The van der Waals surface area contributed by atoms with Gasteiger partial charge in [-0.1, -0.05) is 0 Å². The molecule has 0 saturated heterocycles. The van der Waals surface area contributed by atoms with Crippen molar-refractivity contribution in [1.82, 2.24) is 9.97 Å². The van der Waals surface area contributed by atoms with Gasteiger partial charge in [-0.2, -0.15) is 4.39 Å². The molecule has 1 N–H and O–H groups in total. The number of rotatable bonds is 3. The third kappa shape index (κ3) is 2.97.